The van der Waals surface area contributed by atoms with Gasteiger partial charge in [-0.25, -0.2) is 0 Å². The molecule has 19 heavy (non-hydrogen) atoms. The van der Waals surface area contributed by atoms with Crippen LogP contribution in [0.25, 0.3) is 0 Å². The number of nitriles is 1. The number of hydrogen-bond acceptors (Lipinski definition) is 4. The van der Waals surface area contributed by atoms with Crippen molar-refractivity contribution in [2.24, 2.45) is 5.73 Å². The summed E-state index contributed by atoms with van der Waals surface area (Å²) in [5.74, 6) is -0.419. The first-order chi connectivity index (χ1) is 8.93. The predicted molar refractivity (Wildman–Crippen MR) is 75.6 cm³/mol. The van der Waals surface area contributed by atoms with Crippen LogP contribution >= 0.6 is 0 Å². The highest BCUT2D eigenvalue weighted by Gasteiger charge is 2.10. The Kier molecular flexibility index (Phi) is 5.34. The number of rotatable bonds is 6. The van der Waals surface area contributed by atoms with Crippen molar-refractivity contribution in [2.45, 2.75) is 26.4 Å². The van der Waals surface area contributed by atoms with Crippen molar-refractivity contribution in [3.05, 3.63) is 29.3 Å². The molecule has 5 heteroatoms. The summed E-state index contributed by atoms with van der Waals surface area (Å²) in [6.45, 7) is 4.95. The van der Waals surface area contributed by atoms with Gasteiger partial charge >= 0.3 is 0 Å². The SMILES string of the molecule is CC(C)NCc1ccc(N(C)CC(N)=O)c(C#N)c1. The maximum Gasteiger partial charge on any atom is 0.236 e. The third kappa shape index (κ3) is 4.60. The first-order valence-electron chi connectivity index (χ1n) is 6.20. The first-order valence-corrected chi connectivity index (χ1v) is 6.20. The second kappa shape index (κ2) is 6.76. The van der Waals surface area contributed by atoms with Crippen LogP contribution in [0.2, 0.25) is 0 Å². The number of primary amides is 1. The molecule has 1 amide bonds. The molecule has 0 saturated heterocycles. The molecule has 1 aromatic rings. The Morgan fingerprint density at radius 1 is 1.53 bits per heavy atom. The number of hydrogen-bond donors (Lipinski definition) is 2. The van der Waals surface area contributed by atoms with Gasteiger partial charge in [0.2, 0.25) is 5.91 Å². The summed E-state index contributed by atoms with van der Waals surface area (Å²) in [6.07, 6.45) is 0. The number of nitrogens with zero attached hydrogens (tertiary/aromatic N) is 2. The van der Waals surface area contributed by atoms with Crippen LogP contribution in [0.5, 0.6) is 0 Å². The highest BCUT2D eigenvalue weighted by atomic mass is 16.1. The second-order valence-corrected chi connectivity index (χ2v) is 4.82. The van der Waals surface area contributed by atoms with Crippen LogP contribution in [0, 0.1) is 11.3 Å². The van der Waals surface area contributed by atoms with E-state index in [1.54, 1.807) is 11.9 Å². The lowest BCUT2D eigenvalue weighted by atomic mass is 10.1. The number of carbonyl (C=O) groups excluding carboxylic acids is 1. The molecule has 5 nitrogen and oxygen atoms in total. The van der Waals surface area contributed by atoms with Gasteiger partial charge in [-0.15, -0.1) is 0 Å². The lowest BCUT2D eigenvalue weighted by Crippen LogP contribution is -2.31. The minimum Gasteiger partial charge on any atom is -0.368 e. The number of carbonyl (C=O) groups is 1. The summed E-state index contributed by atoms with van der Waals surface area (Å²) in [5.41, 5.74) is 7.47. The van der Waals surface area contributed by atoms with E-state index in [0.717, 1.165) is 11.3 Å². The average molecular weight is 260 g/mol. The maximum absolute atomic E-state index is 10.9. The van der Waals surface area contributed by atoms with Crippen LogP contribution in [0.4, 0.5) is 5.69 Å². The van der Waals surface area contributed by atoms with Gasteiger partial charge in [-0.3, -0.25) is 4.79 Å². The molecular weight excluding hydrogens is 240 g/mol. The van der Waals surface area contributed by atoms with Gasteiger partial charge in [0.05, 0.1) is 17.8 Å². The smallest absolute Gasteiger partial charge is 0.236 e. The molecule has 102 valence electrons. The Bertz CT molecular complexity index is 491. The number of likely N-dealkylation sites (N-methyl/N-ethyl adjacent to an activating group) is 1. The van der Waals surface area contributed by atoms with Crippen LogP contribution in [-0.2, 0) is 11.3 Å². The van der Waals surface area contributed by atoms with Gasteiger partial charge in [0, 0.05) is 19.6 Å². The number of nitrogens with two attached hydrogens (primary N) is 1. The normalized spacial score (nSPS) is 10.3. The van der Waals surface area contributed by atoms with Crippen molar-refractivity contribution in [2.75, 3.05) is 18.5 Å². The van der Waals surface area contributed by atoms with E-state index in [1.807, 2.05) is 18.2 Å². The third-order valence-electron chi connectivity index (χ3n) is 2.70. The monoisotopic (exact) mass is 260 g/mol. The summed E-state index contributed by atoms with van der Waals surface area (Å²) in [5, 5.41) is 12.5. The number of amides is 1. The fourth-order valence-electron chi connectivity index (χ4n) is 1.76. The zero-order valence-electron chi connectivity index (χ0n) is 11.6. The van der Waals surface area contributed by atoms with Crippen molar-refractivity contribution in [3.63, 3.8) is 0 Å². The van der Waals surface area contributed by atoms with Crippen LogP contribution in [-0.4, -0.2) is 25.5 Å². The minimum atomic E-state index is -0.419. The van der Waals surface area contributed by atoms with Crippen molar-refractivity contribution >= 4 is 11.6 Å². The lowest BCUT2D eigenvalue weighted by Gasteiger charge is -2.19. The molecule has 3 N–H and O–H groups in total. The van der Waals surface area contributed by atoms with Crippen molar-refractivity contribution in [1.29, 1.82) is 5.26 Å². The number of nitrogens with one attached hydrogen (secondary N) is 1. The molecule has 0 saturated carbocycles. The van der Waals surface area contributed by atoms with E-state index < -0.39 is 5.91 Å². The van der Waals surface area contributed by atoms with E-state index in [4.69, 9.17) is 5.73 Å². The lowest BCUT2D eigenvalue weighted by molar-refractivity contribution is -0.116. The van der Waals surface area contributed by atoms with Crippen LogP contribution in [0.15, 0.2) is 18.2 Å². The molecule has 1 rings (SSSR count). The van der Waals surface area contributed by atoms with E-state index in [-0.39, 0.29) is 6.54 Å². The van der Waals surface area contributed by atoms with Gasteiger partial charge in [-0.2, -0.15) is 5.26 Å². The van der Waals surface area contributed by atoms with Gasteiger partial charge in [0.25, 0.3) is 0 Å². The highest BCUT2D eigenvalue weighted by molar-refractivity contribution is 5.80. The highest BCUT2D eigenvalue weighted by Crippen LogP contribution is 2.20. The van der Waals surface area contributed by atoms with Crippen LogP contribution in [0.3, 0.4) is 0 Å². The molecular formula is C14H20N4O. The molecule has 0 radical (unpaired) electrons. The zero-order chi connectivity index (χ0) is 14.4. The summed E-state index contributed by atoms with van der Waals surface area (Å²) in [7, 11) is 1.74. The standard InChI is InChI=1S/C14H20N4O/c1-10(2)17-8-11-4-5-13(12(6-11)7-15)18(3)9-14(16)19/h4-6,10,17H,8-9H2,1-3H3,(H2,16,19). The van der Waals surface area contributed by atoms with Gasteiger partial charge in [0.1, 0.15) is 6.07 Å². The Morgan fingerprint density at radius 2 is 2.21 bits per heavy atom. The molecule has 1 aromatic carbocycles. The van der Waals surface area contributed by atoms with Crippen molar-refractivity contribution in [3.8, 4) is 6.07 Å². The molecule has 0 aliphatic heterocycles. The van der Waals surface area contributed by atoms with E-state index in [2.05, 4.69) is 25.2 Å². The third-order valence-corrected chi connectivity index (χ3v) is 2.70. The van der Waals surface area contributed by atoms with E-state index in [1.165, 1.54) is 0 Å². The van der Waals surface area contributed by atoms with E-state index >= 15 is 0 Å². The molecule has 0 fully saturated rings. The first kappa shape index (κ1) is 15.0. The van der Waals surface area contributed by atoms with Crippen molar-refractivity contribution < 1.29 is 4.79 Å². The summed E-state index contributed by atoms with van der Waals surface area (Å²) in [6, 6.07) is 8.18. The summed E-state index contributed by atoms with van der Waals surface area (Å²) in [4.78, 5) is 12.6. The van der Waals surface area contributed by atoms with Crippen molar-refractivity contribution in [1.82, 2.24) is 5.32 Å². The van der Waals surface area contributed by atoms with Crippen LogP contribution in [0.1, 0.15) is 25.0 Å². The molecule has 0 atom stereocenters. The topological polar surface area (TPSA) is 82.2 Å². The molecule has 0 heterocycles. The average Bonchev–Trinajstić information content (AvgIpc) is 2.35. The minimum absolute atomic E-state index is 0.0955. The number of anilines is 1. The largest absolute Gasteiger partial charge is 0.368 e. The summed E-state index contributed by atoms with van der Waals surface area (Å²) < 4.78 is 0. The molecule has 0 aliphatic rings. The van der Waals surface area contributed by atoms with E-state index in [0.29, 0.717) is 18.2 Å². The Hall–Kier alpha value is -2.06. The second-order valence-electron chi connectivity index (χ2n) is 4.82. The van der Waals surface area contributed by atoms with Gasteiger partial charge < -0.3 is 16.0 Å². The molecule has 0 aliphatic carbocycles. The van der Waals surface area contributed by atoms with Crippen LogP contribution < -0.4 is 16.0 Å². The Labute approximate surface area is 114 Å². The summed E-state index contributed by atoms with van der Waals surface area (Å²) >= 11 is 0. The molecule has 0 spiro atoms. The molecule has 0 bridgehead atoms. The van der Waals surface area contributed by atoms with E-state index in [9.17, 15) is 10.1 Å². The quantitative estimate of drug-likeness (QED) is 0.798. The Balaban J connectivity index is 2.90. The zero-order valence-corrected chi connectivity index (χ0v) is 11.6. The molecule has 0 unspecified atom stereocenters. The predicted octanol–water partition coefficient (Wildman–Crippen LogP) is 0.978. The fraction of sp³-hybridized carbons (Fsp3) is 0.429. The molecule has 0 aromatic heterocycles. The number of benzene rings is 1. The van der Waals surface area contributed by atoms with Gasteiger partial charge in [-0.05, 0) is 17.7 Å². The van der Waals surface area contributed by atoms with Gasteiger partial charge in [0.15, 0.2) is 0 Å². The maximum atomic E-state index is 10.9. The van der Waals surface area contributed by atoms with Gasteiger partial charge in [-0.1, -0.05) is 19.9 Å². The Morgan fingerprint density at radius 3 is 2.74 bits per heavy atom. The fourth-order valence-corrected chi connectivity index (χ4v) is 1.76.